The summed E-state index contributed by atoms with van der Waals surface area (Å²) in [4.78, 5) is 2.53. The Morgan fingerprint density at radius 3 is 2.40 bits per heavy atom. The molecule has 0 saturated carbocycles. The lowest BCUT2D eigenvalue weighted by Gasteiger charge is -2.19. The molecule has 58 valence electrons. The van der Waals surface area contributed by atoms with Crippen molar-refractivity contribution in [1.29, 1.82) is 0 Å². The molecule has 1 heteroatoms. The Bertz CT molecular complexity index is 112. The summed E-state index contributed by atoms with van der Waals surface area (Å²) in [6.45, 7) is 6.95. The molecule has 1 fully saturated rings. The average molecular weight is 139 g/mol. The standard InChI is InChI=1S/C9H17N/c1-3-6-9(2)10-7-4-5-8-10/h3,6,9H,4-5,7-8H2,1-2H3. The molecule has 1 atom stereocenters. The molecule has 1 rings (SSSR count). The van der Waals surface area contributed by atoms with Gasteiger partial charge in [0.2, 0.25) is 0 Å². The fourth-order valence-corrected chi connectivity index (χ4v) is 1.55. The Kier molecular flexibility index (Phi) is 2.94. The van der Waals surface area contributed by atoms with Crippen LogP contribution in [0, 0.1) is 0 Å². The summed E-state index contributed by atoms with van der Waals surface area (Å²) in [6, 6.07) is 0.660. The molecule has 0 aromatic heterocycles. The van der Waals surface area contributed by atoms with Crippen molar-refractivity contribution in [3.8, 4) is 0 Å². The summed E-state index contributed by atoms with van der Waals surface area (Å²) in [5.41, 5.74) is 0. The van der Waals surface area contributed by atoms with Crippen LogP contribution in [0.5, 0.6) is 0 Å². The predicted molar refractivity (Wildman–Crippen MR) is 45.1 cm³/mol. The number of rotatable bonds is 2. The van der Waals surface area contributed by atoms with Crippen molar-refractivity contribution in [2.45, 2.75) is 32.7 Å². The van der Waals surface area contributed by atoms with E-state index in [4.69, 9.17) is 0 Å². The first kappa shape index (κ1) is 7.80. The molecule has 0 aromatic rings. The SMILES string of the molecule is CC=CC(C)N1CCCC1. The van der Waals surface area contributed by atoms with Crippen molar-refractivity contribution < 1.29 is 0 Å². The van der Waals surface area contributed by atoms with Gasteiger partial charge in [-0.3, -0.25) is 4.90 Å². The Morgan fingerprint density at radius 2 is 1.90 bits per heavy atom. The molecule has 10 heavy (non-hydrogen) atoms. The van der Waals surface area contributed by atoms with Gasteiger partial charge in [0.1, 0.15) is 0 Å². The number of allylic oxidation sites excluding steroid dienone is 1. The molecule has 1 heterocycles. The van der Waals surface area contributed by atoms with E-state index in [1.807, 2.05) is 0 Å². The van der Waals surface area contributed by atoms with E-state index in [0.29, 0.717) is 6.04 Å². The fourth-order valence-electron chi connectivity index (χ4n) is 1.55. The minimum Gasteiger partial charge on any atom is -0.297 e. The largest absolute Gasteiger partial charge is 0.297 e. The minimum absolute atomic E-state index is 0.660. The minimum atomic E-state index is 0.660. The van der Waals surface area contributed by atoms with Gasteiger partial charge in [0.15, 0.2) is 0 Å². The Labute approximate surface area is 63.7 Å². The Hall–Kier alpha value is -0.300. The summed E-state index contributed by atoms with van der Waals surface area (Å²) >= 11 is 0. The van der Waals surface area contributed by atoms with Crippen LogP contribution < -0.4 is 0 Å². The predicted octanol–water partition coefficient (Wildman–Crippen LogP) is 2.05. The highest BCUT2D eigenvalue weighted by Gasteiger charge is 2.14. The molecule has 1 saturated heterocycles. The normalized spacial score (nSPS) is 24.2. The summed E-state index contributed by atoms with van der Waals surface area (Å²) in [5.74, 6) is 0. The average Bonchev–Trinajstić information content (AvgIpc) is 2.38. The van der Waals surface area contributed by atoms with Gasteiger partial charge in [-0.25, -0.2) is 0 Å². The van der Waals surface area contributed by atoms with Gasteiger partial charge in [0.25, 0.3) is 0 Å². The van der Waals surface area contributed by atoms with E-state index in [-0.39, 0.29) is 0 Å². The van der Waals surface area contributed by atoms with Crippen molar-refractivity contribution in [2.24, 2.45) is 0 Å². The molecule has 1 nitrogen and oxygen atoms in total. The lowest BCUT2D eigenvalue weighted by atomic mass is 10.3. The summed E-state index contributed by atoms with van der Waals surface area (Å²) < 4.78 is 0. The highest BCUT2D eigenvalue weighted by atomic mass is 15.2. The zero-order valence-electron chi connectivity index (χ0n) is 7.01. The molecule has 0 N–H and O–H groups in total. The van der Waals surface area contributed by atoms with Crippen molar-refractivity contribution in [3.05, 3.63) is 12.2 Å². The molecule has 1 unspecified atom stereocenters. The van der Waals surface area contributed by atoms with Crippen LogP contribution in [0.15, 0.2) is 12.2 Å². The second kappa shape index (κ2) is 3.77. The molecule has 0 bridgehead atoms. The molecular formula is C9H17N. The molecule has 0 spiro atoms. The summed E-state index contributed by atoms with van der Waals surface area (Å²) in [5, 5.41) is 0. The van der Waals surface area contributed by atoms with Crippen molar-refractivity contribution in [3.63, 3.8) is 0 Å². The third kappa shape index (κ3) is 1.84. The number of hydrogen-bond acceptors (Lipinski definition) is 1. The van der Waals surface area contributed by atoms with E-state index in [1.54, 1.807) is 0 Å². The van der Waals surface area contributed by atoms with Gasteiger partial charge in [-0.15, -0.1) is 0 Å². The van der Waals surface area contributed by atoms with Crippen LogP contribution in [-0.4, -0.2) is 24.0 Å². The van der Waals surface area contributed by atoms with Crippen LogP contribution in [0.25, 0.3) is 0 Å². The van der Waals surface area contributed by atoms with Crippen LogP contribution in [0.1, 0.15) is 26.7 Å². The van der Waals surface area contributed by atoms with E-state index < -0.39 is 0 Å². The molecule has 0 amide bonds. The summed E-state index contributed by atoms with van der Waals surface area (Å²) in [7, 11) is 0. The van der Waals surface area contributed by atoms with Crippen LogP contribution in [-0.2, 0) is 0 Å². The van der Waals surface area contributed by atoms with Gasteiger partial charge in [0.05, 0.1) is 0 Å². The third-order valence-corrected chi connectivity index (χ3v) is 2.19. The zero-order chi connectivity index (χ0) is 7.40. The van der Waals surface area contributed by atoms with E-state index in [1.165, 1.54) is 25.9 Å². The molecule has 0 aliphatic carbocycles. The van der Waals surface area contributed by atoms with E-state index in [2.05, 4.69) is 30.9 Å². The van der Waals surface area contributed by atoms with Gasteiger partial charge < -0.3 is 0 Å². The van der Waals surface area contributed by atoms with E-state index in [0.717, 1.165) is 0 Å². The van der Waals surface area contributed by atoms with Gasteiger partial charge in [0, 0.05) is 6.04 Å². The van der Waals surface area contributed by atoms with E-state index >= 15 is 0 Å². The van der Waals surface area contributed by atoms with Gasteiger partial charge in [-0.1, -0.05) is 12.2 Å². The van der Waals surface area contributed by atoms with Crippen LogP contribution >= 0.6 is 0 Å². The quantitative estimate of drug-likeness (QED) is 0.529. The lowest BCUT2D eigenvalue weighted by Crippen LogP contribution is -2.27. The highest BCUT2D eigenvalue weighted by molar-refractivity contribution is 4.90. The molecular weight excluding hydrogens is 122 g/mol. The van der Waals surface area contributed by atoms with Crippen LogP contribution in [0.4, 0.5) is 0 Å². The molecule has 1 aliphatic heterocycles. The van der Waals surface area contributed by atoms with Crippen LogP contribution in [0.2, 0.25) is 0 Å². The number of hydrogen-bond donors (Lipinski definition) is 0. The molecule has 1 aliphatic rings. The maximum atomic E-state index is 2.53. The molecule has 0 aromatic carbocycles. The van der Waals surface area contributed by atoms with Crippen LogP contribution in [0.3, 0.4) is 0 Å². The number of likely N-dealkylation sites (tertiary alicyclic amines) is 1. The summed E-state index contributed by atoms with van der Waals surface area (Å²) in [6.07, 6.45) is 7.19. The van der Waals surface area contributed by atoms with Crippen molar-refractivity contribution in [1.82, 2.24) is 4.90 Å². The first-order valence-corrected chi connectivity index (χ1v) is 4.21. The Morgan fingerprint density at radius 1 is 1.30 bits per heavy atom. The van der Waals surface area contributed by atoms with Gasteiger partial charge >= 0.3 is 0 Å². The maximum absolute atomic E-state index is 2.53. The monoisotopic (exact) mass is 139 g/mol. The molecule has 0 radical (unpaired) electrons. The maximum Gasteiger partial charge on any atom is 0.0249 e. The zero-order valence-corrected chi connectivity index (χ0v) is 7.01. The first-order chi connectivity index (χ1) is 4.84. The first-order valence-electron chi connectivity index (χ1n) is 4.21. The highest BCUT2D eigenvalue weighted by Crippen LogP contribution is 2.11. The lowest BCUT2D eigenvalue weighted by molar-refractivity contribution is 0.300. The number of nitrogens with zero attached hydrogens (tertiary/aromatic N) is 1. The van der Waals surface area contributed by atoms with Gasteiger partial charge in [-0.2, -0.15) is 0 Å². The third-order valence-electron chi connectivity index (χ3n) is 2.19. The second-order valence-corrected chi connectivity index (χ2v) is 3.01. The second-order valence-electron chi connectivity index (χ2n) is 3.01. The fraction of sp³-hybridized carbons (Fsp3) is 0.778. The van der Waals surface area contributed by atoms with Crippen molar-refractivity contribution >= 4 is 0 Å². The van der Waals surface area contributed by atoms with Gasteiger partial charge in [-0.05, 0) is 39.8 Å². The Balaban J connectivity index is 2.32. The topological polar surface area (TPSA) is 3.24 Å². The van der Waals surface area contributed by atoms with Crippen molar-refractivity contribution in [2.75, 3.05) is 13.1 Å². The smallest absolute Gasteiger partial charge is 0.0249 e. The van der Waals surface area contributed by atoms with E-state index in [9.17, 15) is 0 Å².